The van der Waals surface area contributed by atoms with E-state index in [2.05, 4.69) is 4.74 Å². The van der Waals surface area contributed by atoms with Gasteiger partial charge in [-0.25, -0.2) is 4.79 Å². The summed E-state index contributed by atoms with van der Waals surface area (Å²) in [6.07, 6.45) is -6.09. The predicted octanol–water partition coefficient (Wildman–Crippen LogP) is 0.475. The van der Waals surface area contributed by atoms with E-state index in [1.165, 1.54) is 0 Å². The first-order valence-electron chi connectivity index (χ1n) is 3.53. The Labute approximate surface area is 77.4 Å². The van der Waals surface area contributed by atoms with Crippen molar-refractivity contribution in [3.63, 3.8) is 0 Å². The molecule has 5 nitrogen and oxygen atoms in total. The van der Waals surface area contributed by atoms with Crippen LogP contribution in [0.4, 0.5) is 18.0 Å². The number of alkyl halides is 3. The van der Waals surface area contributed by atoms with Gasteiger partial charge in [0.15, 0.2) is 6.61 Å². The molecule has 0 aromatic heterocycles. The van der Waals surface area contributed by atoms with Crippen LogP contribution in [0.15, 0.2) is 0 Å². The van der Waals surface area contributed by atoms with Gasteiger partial charge in [-0.3, -0.25) is 10.5 Å². The lowest BCUT2D eigenvalue weighted by Gasteiger charge is -2.08. The van der Waals surface area contributed by atoms with Gasteiger partial charge >= 0.3 is 12.3 Å². The molecule has 0 aliphatic heterocycles. The van der Waals surface area contributed by atoms with Gasteiger partial charge in [-0.1, -0.05) is 0 Å². The number of hydrogen-bond acceptors (Lipinski definition) is 3. The molecule has 8 heteroatoms. The summed E-state index contributed by atoms with van der Waals surface area (Å²) in [6, 6.07) is 0. The van der Waals surface area contributed by atoms with Gasteiger partial charge in [0.1, 0.15) is 0 Å². The number of ether oxygens (including phenoxy) is 1. The van der Waals surface area contributed by atoms with Crippen LogP contribution < -0.4 is 11.1 Å². The molecule has 0 aromatic carbocycles. The lowest BCUT2D eigenvalue weighted by molar-refractivity contribution is -0.160. The number of halogens is 3. The third kappa shape index (κ3) is 8.62. The van der Waals surface area contributed by atoms with E-state index in [9.17, 15) is 22.8 Å². The molecule has 0 unspecified atom stereocenters. The van der Waals surface area contributed by atoms with Gasteiger partial charge in [-0.05, 0) is 0 Å². The van der Waals surface area contributed by atoms with Gasteiger partial charge < -0.3 is 10.1 Å². The Kier molecular flexibility index (Phi) is 4.74. The Balaban J connectivity index is 3.52. The zero-order valence-electron chi connectivity index (χ0n) is 6.98. The number of carbonyl (C=O) groups is 2. The smallest absolute Gasteiger partial charge is 0.422 e. The van der Waals surface area contributed by atoms with E-state index in [1.807, 2.05) is 5.32 Å². The molecule has 0 aliphatic carbocycles. The van der Waals surface area contributed by atoms with Crippen LogP contribution in [0.2, 0.25) is 0 Å². The van der Waals surface area contributed by atoms with Gasteiger partial charge in [0.05, 0.1) is 0 Å². The van der Waals surface area contributed by atoms with Crippen molar-refractivity contribution in [3.8, 4) is 0 Å². The minimum Gasteiger partial charge on any atom is -0.440 e. The SMILES string of the molecule is [NH]C(=O)CCNC(=O)OCC(F)(F)F. The van der Waals surface area contributed by atoms with Crippen molar-refractivity contribution in [1.82, 2.24) is 11.1 Å². The number of amides is 2. The summed E-state index contributed by atoms with van der Waals surface area (Å²) < 4.78 is 38.2. The second kappa shape index (κ2) is 5.30. The minimum atomic E-state index is -4.57. The Morgan fingerprint density at radius 3 is 2.36 bits per heavy atom. The molecule has 0 spiro atoms. The van der Waals surface area contributed by atoms with Crippen LogP contribution in [0, 0.1) is 0 Å². The number of carbonyl (C=O) groups excluding carboxylic acids is 2. The Bertz CT molecular complexity index is 217. The first-order valence-corrected chi connectivity index (χ1v) is 3.53. The van der Waals surface area contributed by atoms with Crippen molar-refractivity contribution < 1.29 is 27.5 Å². The molecular formula is C6H8F3N2O3. The standard InChI is InChI=1S/C6H8F3N2O3/c7-6(8,9)3-14-5(13)11-2-1-4(10)12/h10H,1-3H2,(H,11,13). The highest BCUT2D eigenvalue weighted by Crippen LogP contribution is 2.14. The zero-order valence-corrected chi connectivity index (χ0v) is 6.98. The molecule has 0 rings (SSSR count). The van der Waals surface area contributed by atoms with Gasteiger partial charge in [0.25, 0.3) is 0 Å². The molecule has 1 radical (unpaired) electrons. The van der Waals surface area contributed by atoms with Crippen LogP contribution in [0.3, 0.4) is 0 Å². The van der Waals surface area contributed by atoms with E-state index in [0.29, 0.717) is 0 Å². The summed E-state index contributed by atoms with van der Waals surface area (Å²) in [6.45, 7) is -1.88. The third-order valence-electron chi connectivity index (χ3n) is 0.988. The highest BCUT2D eigenvalue weighted by atomic mass is 19.4. The highest BCUT2D eigenvalue weighted by Gasteiger charge is 2.29. The molecule has 0 atom stereocenters. The van der Waals surface area contributed by atoms with Gasteiger partial charge in [-0.15, -0.1) is 0 Å². The molecule has 0 aliphatic rings. The predicted molar refractivity (Wildman–Crippen MR) is 38.1 cm³/mol. The summed E-state index contributed by atoms with van der Waals surface area (Å²) >= 11 is 0. The second-order valence-corrected chi connectivity index (χ2v) is 2.29. The first kappa shape index (κ1) is 12.5. The quantitative estimate of drug-likeness (QED) is 0.737. The summed E-state index contributed by atoms with van der Waals surface area (Å²) in [5, 5.41) is 1.88. The maximum absolute atomic E-state index is 11.5. The maximum atomic E-state index is 11.5. The number of rotatable bonds is 4. The molecule has 0 fully saturated rings. The Morgan fingerprint density at radius 2 is 1.93 bits per heavy atom. The molecular weight excluding hydrogens is 205 g/mol. The largest absolute Gasteiger partial charge is 0.440 e. The summed E-state index contributed by atoms with van der Waals surface area (Å²) in [5.41, 5.74) is 6.41. The fourth-order valence-electron chi connectivity index (χ4n) is 0.477. The Hall–Kier alpha value is -1.47. The van der Waals surface area contributed by atoms with E-state index in [0.717, 1.165) is 0 Å². The van der Waals surface area contributed by atoms with E-state index in [1.54, 1.807) is 0 Å². The fraction of sp³-hybridized carbons (Fsp3) is 0.667. The van der Waals surface area contributed by atoms with E-state index in [-0.39, 0.29) is 13.0 Å². The molecule has 0 saturated heterocycles. The first-order chi connectivity index (χ1) is 6.31. The lowest BCUT2D eigenvalue weighted by Crippen LogP contribution is -2.30. The van der Waals surface area contributed by atoms with Crippen LogP contribution in [0.1, 0.15) is 6.42 Å². The summed E-state index contributed by atoms with van der Waals surface area (Å²) in [5.74, 6) is -0.916. The molecule has 0 heterocycles. The third-order valence-corrected chi connectivity index (χ3v) is 0.988. The maximum Gasteiger partial charge on any atom is 0.422 e. The lowest BCUT2D eigenvalue weighted by atomic mass is 10.4. The highest BCUT2D eigenvalue weighted by molar-refractivity contribution is 5.74. The fourth-order valence-corrected chi connectivity index (χ4v) is 0.477. The normalized spacial score (nSPS) is 10.8. The van der Waals surface area contributed by atoms with Crippen LogP contribution in [0.5, 0.6) is 0 Å². The van der Waals surface area contributed by atoms with Crippen LogP contribution in [0.25, 0.3) is 0 Å². The van der Waals surface area contributed by atoms with Gasteiger partial charge in [0, 0.05) is 13.0 Å². The van der Waals surface area contributed by atoms with Crippen molar-refractivity contribution in [1.29, 1.82) is 0 Å². The summed E-state index contributed by atoms with van der Waals surface area (Å²) in [4.78, 5) is 20.5. The van der Waals surface area contributed by atoms with Crippen molar-refractivity contribution in [2.75, 3.05) is 13.2 Å². The van der Waals surface area contributed by atoms with Crippen LogP contribution >= 0.6 is 0 Å². The average molecular weight is 213 g/mol. The molecule has 2 N–H and O–H groups in total. The average Bonchev–Trinajstić information content (AvgIpc) is 1.99. The minimum absolute atomic E-state index is 0.209. The van der Waals surface area contributed by atoms with Gasteiger partial charge in [-0.2, -0.15) is 13.2 Å². The molecule has 14 heavy (non-hydrogen) atoms. The van der Waals surface area contributed by atoms with Crippen LogP contribution in [-0.2, 0) is 9.53 Å². The Morgan fingerprint density at radius 1 is 1.36 bits per heavy atom. The molecule has 81 valence electrons. The molecule has 0 saturated carbocycles. The van der Waals surface area contributed by atoms with E-state index < -0.39 is 24.8 Å². The van der Waals surface area contributed by atoms with Gasteiger partial charge in [0.2, 0.25) is 5.91 Å². The molecule has 2 amide bonds. The van der Waals surface area contributed by atoms with Crippen molar-refractivity contribution in [3.05, 3.63) is 0 Å². The molecule has 0 aromatic rings. The topological polar surface area (TPSA) is 79.2 Å². The molecule has 0 bridgehead atoms. The van der Waals surface area contributed by atoms with E-state index in [4.69, 9.17) is 5.73 Å². The monoisotopic (exact) mass is 213 g/mol. The van der Waals surface area contributed by atoms with E-state index >= 15 is 0 Å². The summed E-state index contributed by atoms with van der Waals surface area (Å²) in [7, 11) is 0. The van der Waals surface area contributed by atoms with Crippen molar-refractivity contribution in [2.24, 2.45) is 0 Å². The van der Waals surface area contributed by atoms with Crippen molar-refractivity contribution in [2.45, 2.75) is 12.6 Å². The zero-order chi connectivity index (χ0) is 11.2. The second-order valence-electron chi connectivity index (χ2n) is 2.29. The van der Waals surface area contributed by atoms with Crippen molar-refractivity contribution >= 4 is 12.0 Å². The number of hydrogen-bond donors (Lipinski definition) is 1. The number of alkyl carbamates (subject to hydrolysis) is 1. The number of nitrogens with one attached hydrogen (secondary N) is 2. The van der Waals surface area contributed by atoms with Crippen LogP contribution in [-0.4, -0.2) is 31.3 Å².